The van der Waals surface area contributed by atoms with Crippen LogP contribution in [0.5, 0.6) is 5.75 Å². The van der Waals surface area contributed by atoms with E-state index in [4.69, 9.17) is 4.74 Å². The Morgan fingerprint density at radius 3 is 2.76 bits per heavy atom. The Balaban J connectivity index is 1.80. The molecule has 0 fully saturated rings. The minimum absolute atomic E-state index is 0.0790. The molecular formula is C18H29NOS. The summed E-state index contributed by atoms with van der Waals surface area (Å²) in [6.45, 7) is 5.47. The zero-order valence-corrected chi connectivity index (χ0v) is 14.5. The fourth-order valence-electron chi connectivity index (χ4n) is 2.99. The van der Waals surface area contributed by atoms with Crippen molar-refractivity contribution in [3.8, 4) is 5.75 Å². The molecule has 0 spiro atoms. The second-order valence-corrected chi connectivity index (χ2v) is 7.50. The van der Waals surface area contributed by atoms with E-state index in [1.54, 1.807) is 0 Å². The van der Waals surface area contributed by atoms with E-state index in [0.29, 0.717) is 6.04 Å². The lowest BCUT2D eigenvalue weighted by Crippen LogP contribution is -2.39. The van der Waals surface area contributed by atoms with Crippen molar-refractivity contribution < 1.29 is 4.74 Å². The largest absolute Gasteiger partial charge is 0.487 e. The van der Waals surface area contributed by atoms with Crippen LogP contribution < -0.4 is 10.1 Å². The number of hydrogen-bond donors (Lipinski definition) is 1. The van der Waals surface area contributed by atoms with Gasteiger partial charge in [-0.25, -0.2) is 0 Å². The lowest BCUT2D eigenvalue weighted by atomic mass is 9.89. The highest BCUT2D eigenvalue weighted by Gasteiger charge is 2.32. The Kier molecular flexibility index (Phi) is 6.43. The molecule has 1 heterocycles. The Morgan fingerprint density at radius 1 is 1.19 bits per heavy atom. The lowest BCUT2D eigenvalue weighted by Gasteiger charge is -2.38. The van der Waals surface area contributed by atoms with Gasteiger partial charge >= 0.3 is 0 Å². The molecule has 0 aromatic heterocycles. The monoisotopic (exact) mass is 307 g/mol. The molecule has 2 nitrogen and oxygen atoms in total. The molecule has 21 heavy (non-hydrogen) atoms. The predicted molar refractivity (Wildman–Crippen MR) is 93.4 cm³/mol. The number of fused-ring (bicyclic) bond motifs is 1. The van der Waals surface area contributed by atoms with Crippen LogP contribution in [0.2, 0.25) is 0 Å². The quantitative estimate of drug-likeness (QED) is 0.697. The summed E-state index contributed by atoms with van der Waals surface area (Å²) in [5.74, 6) is 2.35. The number of ether oxygens (including phenoxy) is 1. The Bertz CT molecular complexity index is 433. The second-order valence-electron chi connectivity index (χ2n) is 6.52. The van der Waals surface area contributed by atoms with Crippen molar-refractivity contribution >= 4 is 11.8 Å². The van der Waals surface area contributed by atoms with E-state index < -0.39 is 0 Å². The first-order valence-electron chi connectivity index (χ1n) is 8.13. The van der Waals surface area contributed by atoms with Crippen LogP contribution in [0.4, 0.5) is 0 Å². The van der Waals surface area contributed by atoms with Gasteiger partial charge in [0.15, 0.2) is 0 Å². The van der Waals surface area contributed by atoms with Crippen molar-refractivity contribution in [1.82, 2.24) is 5.32 Å². The highest BCUT2D eigenvalue weighted by molar-refractivity contribution is 7.98. The molecule has 1 aliphatic heterocycles. The van der Waals surface area contributed by atoms with Crippen molar-refractivity contribution in [2.24, 2.45) is 0 Å². The van der Waals surface area contributed by atoms with Gasteiger partial charge in [-0.2, -0.15) is 11.8 Å². The third-order valence-electron chi connectivity index (χ3n) is 4.04. The molecule has 0 saturated carbocycles. The summed E-state index contributed by atoms with van der Waals surface area (Å²) in [4.78, 5) is 0. The van der Waals surface area contributed by atoms with Crippen LogP contribution in [0.15, 0.2) is 24.3 Å². The summed E-state index contributed by atoms with van der Waals surface area (Å²) >= 11 is 1.95. The topological polar surface area (TPSA) is 21.3 Å². The van der Waals surface area contributed by atoms with Gasteiger partial charge in [0.25, 0.3) is 0 Å². The highest BCUT2D eigenvalue weighted by Crippen LogP contribution is 2.39. The van der Waals surface area contributed by atoms with Crippen LogP contribution >= 0.6 is 11.8 Å². The van der Waals surface area contributed by atoms with Crippen LogP contribution in [-0.2, 0) is 0 Å². The lowest BCUT2D eigenvalue weighted by molar-refractivity contribution is 0.0660. The SMILES string of the molecule is CSCCCCCCNC1CC(C)(C)Oc2ccccc21. The van der Waals surface area contributed by atoms with Crippen molar-refractivity contribution in [3.05, 3.63) is 29.8 Å². The van der Waals surface area contributed by atoms with Gasteiger partial charge in [0, 0.05) is 18.0 Å². The molecule has 3 heteroatoms. The summed E-state index contributed by atoms with van der Waals surface area (Å²) < 4.78 is 6.08. The summed E-state index contributed by atoms with van der Waals surface area (Å²) in [6.07, 6.45) is 8.55. The maximum atomic E-state index is 6.08. The van der Waals surface area contributed by atoms with Crippen molar-refractivity contribution in [2.45, 2.75) is 57.6 Å². The molecule has 1 atom stereocenters. The fraction of sp³-hybridized carbons (Fsp3) is 0.667. The fourth-order valence-corrected chi connectivity index (χ4v) is 3.48. The van der Waals surface area contributed by atoms with Gasteiger partial charge < -0.3 is 10.1 Å². The predicted octanol–water partition coefficient (Wildman–Crippen LogP) is 4.80. The zero-order valence-electron chi connectivity index (χ0n) is 13.7. The molecule has 1 aromatic rings. The number of thioether (sulfide) groups is 1. The Morgan fingerprint density at radius 2 is 1.95 bits per heavy atom. The summed E-state index contributed by atoms with van der Waals surface area (Å²) in [7, 11) is 0. The van der Waals surface area contributed by atoms with Crippen LogP contribution in [0.3, 0.4) is 0 Å². The first kappa shape index (κ1) is 16.7. The van der Waals surface area contributed by atoms with Crippen molar-refractivity contribution in [3.63, 3.8) is 0 Å². The molecule has 0 aliphatic carbocycles. The van der Waals surface area contributed by atoms with Crippen LogP contribution in [0.1, 0.15) is 57.6 Å². The molecule has 2 rings (SSSR count). The molecule has 1 N–H and O–H groups in total. The average Bonchev–Trinajstić information content (AvgIpc) is 2.45. The number of nitrogens with one attached hydrogen (secondary N) is 1. The maximum Gasteiger partial charge on any atom is 0.124 e. The minimum Gasteiger partial charge on any atom is -0.487 e. The highest BCUT2D eigenvalue weighted by atomic mass is 32.2. The van der Waals surface area contributed by atoms with E-state index in [-0.39, 0.29) is 5.60 Å². The van der Waals surface area contributed by atoms with E-state index in [1.807, 2.05) is 11.8 Å². The Hall–Kier alpha value is -0.670. The van der Waals surface area contributed by atoms with Gasteiger partial charge in [-0.15, -0.1) is 0 Å². The van der Waals surface area contributed by atoms with Crippen molar-refractivity contribution in [2.75, 3.05) is 18.6 Å². The van der Waals surface area contributed by atoms with Crippen LogP contribution in [0, 0.1) is 0 Å². The molecule has 1 aromatic carbocycles. The van der Waals surface area contributed by atoms with E-state index >= 15 is 0 Å². The standard InChI is InChI=1S/C18H29NOS/c1-18(2)14-16(15-10-6-7-11-17(15)20-18)19-12-8-4-5-9-13-21-3/h6-7,10-11,16,19H,4-5,8-9,12-14H2,1-3H3. The maximum absolute atomic E-state index is 6.08. The van der Waals surface area contributed by atoms with Crippen molar-refractivity contribution in [1.29, 1.82) is 0 Å². The number of unbranched alkanes of at least 4 members (excludes halogenated alkanes) is 3. The third kappa shape index (κ3) is 5.23. The minimum atomic E-state index is -0.0790. The van der Waals surface area contributed by atoms with Gasteiger partial charge in [-0.05, 0) is 51.3 Å². The van der Waals surface area contributed by atoms with Crippen LogP contribution in [0.25, 0.3) is 0 Å². The molecule has 0 amide bonds. The normalized spacial score (nSPS) is 19.9. The van der Waals surface area contributed by atoms with E-state index in [9.17, 15) is 0 Å². The molecule has 118 valence electrons. The van der Waals surface area contributed by atoms with E-state index in [0.717, 1.165) is 18.7 Å². The summed E-state index contributed by atoms with van der Waals surface area (Å²) in [6, 6.07) is 8.88. The molecule has 0 bridgehead atoms. The summed E-state index contributed by atoms with van der Waals surface area (Å²) in [5, 5.41) is 3.74. The zero-order chi connectivity index (χ0) is 15.1. The summed E-state index contributed by atoms with van der Waals surface area (Å²) in [5.41, 5.74) is 1.24. The molecule has 0 saturated heterocycles. The number of benzene rings is 1. The molecule has 1 aliphatic rings. The van der Waals surface area contributed by atoms with Gasteiger partial charge in [0.05, 0.1) is 0 Å². The molecule has 0 radical (unpaired) electrons. The number of rotatable bonds is 8. The second kappa shape index (κ2) is 8.09. The van der Waals surface area contributed by atoms with Gasteiger partial charge in [0.1, 0.15) is 11.4 Å². The average molecular weight is 308 g/mol. The number of hydrogen-bond acceptors (Lipinski definition) is 3. The third-order valence-corrected chi connectivity index (χ3v) is 4.74. The van der Waals surface area contributed by atoms with E-state index in [2.05, 4.69) is 49.7 Å². The molecule has 1 unspecified atom stereocenters. The van der Waals surface area contributed by atoms with Gasteiger partial charge in [-0.1, -0.05) is 31.0 Å². The first-order chi connectivity index (χ1) is 10.1. The smallest absolute Gasteiger partial charge is 0.124 e. The number of para-hydroxylation sites is 1. The van der Waals surface area contributed by atoms with Gasteiger partial charge in [-0.3, -0.25) is 0 Å². The van der Waals surface area contributed by atoms with E-state index in [1.165, 1.54) is 37.0 Å². The Labute approximate surface area is 134 Å². The van der Waals surface area contributed by atoms with Crippen LogP contribution in [-0.4, -0.2) is 24.2 Å². The molecular weight excluding hydrogens is 278 g/mol. The van der Waals surface area contributed by atoms with Gasteiger partial charge in [0.2, 0.25) is 0 Å². The first-order valence-corrected chi connectivity index (χ1v) is 9.52.